The summed E-state index contributed by atoms with van der Waals surface area (Å²) < 4.78 is 39.8. The van der Waals surface area contributed by atoms with Crippen LogP contribution in [0, 0.1) is 0 Å². The molecule has 116 valence electrons. The van der Waals surface area contributed by atoms with Crippen LogP contribution in [-0.4, -0.2) is 30.5 Å². The molecule has 5 nitrogen and oxygen atoms in total. The van der Waals surface area contributed by atoms with Crippen molar-refractivity contribution in [3.05, 3.63) is 24.3 Å². The SMILES string of the molecule is O=C(Nc1ccc(OC(F)(F)F)cc1)NN1CCCCC1. The van der Waals surface area contributed by atoms with Crippen molar-refractivity contribution in [1.82, 2.24) is 10.4 Å². The van der Waals surface area contributed by atoms with E-state index in [9.17, 15) is 18.0 Å². The van der Waals surface area contributed by atoms with E-state index in [1.807, 2.05) is 5.01 Å². The highest BCUT2D eigenvalue weighted by Gasteiger charge is 2.30. The van der Waals surface area contributed by atoms with Crippen LogP contribution in [0.25, 0.3) is 0 Å². The second-order valence-corrected chi connectivity index (χ2v) is 4.69. The van der Waals surface area contributed by atoms with Gasteiger partial charge in [0, 0.05) is 18.8 Å². The summed E-state index contributed by atoms with van der Waals surface area (Å²) in [7, 11) is 0. The van der Waals surface area contributed by atoms with Gasteiger partial charge in [-0.3, -0.25) is 5.43 Å². The Morgan fingerprint density at radius 1 is 1.10 bits per heavy atom. The fourth-order valence-corrected chi connectivity index (χ4v) is 2.05. The number of halogens is 3. The van der Waals surface area contributed by atoms with Crippen molar-refractivity contribution in [3.8, 4) is 5.75 Å². The molecule has 0 aromatic heterocycles. The minimum absolute atomic E-state index is 0.329. The number of hydrogen-bond donors (Lipinski definition) is 2. The zero-order valence-corrected chi connectivity index (χ0v) is 11.2. The van der Waals surface area contributed by atoms with Crippen LogP contribution in [0.1, 0.15) is 19.3 Å². The van der Waals surface area contributed by atoms with Crippen molar-refractivity contribution < 1.29 is 22.7 Å². The average molecular weight is 303 g/mol. The van der Waals surface area contributed by atoms with Crippen molar-refractivity contribution in [1.29, 1.82) is 0 Å². The Kier molecular flexibility index (Phi) is 4.89. The number of rotatable bonds is 3. The largest absolute Gasteiger partial charge is 0.573 e. The zero-order valence-electron chi connectivity index (χ0n) is 11.2. The number of hydrogen-bond acceptors (Lipinski definition) is 3. The number of alkyl halides is 3. The molecule has 0 saturated carbocycles. The number of nitrogens with one attached hydrogen (secondary N) is 2. The summed E-state index contributed by atoms with van der Waals surface area (Å²) >= 11 is 0. The van der Waals surface area contributed by atoms with Crippen molar-refractivity contribution in [3.63, 3.8) is 0 Å². The van der Waals surface area contributed by atoms with Crippen LogP contribution in [-0.2, 0) is 0 Å². The lowest BCUT2D eigenvalue weighted by Gasteiger charge is -2.26. The van der Waals surface area contributed by atoms with E-state index >= 15 is 0 Å². The predicted molar refractivity (Wildman–Crippen MR) is 70.7 cm³/mol. The fourth-order valence-electron chi connectivity index (χ4n) is 2.05. The number of benzene rings is 1. The zero-order chi connectivity index (χ0) is 15.3. The number of hydrazine groups is 1. The lowest BCUT2D eigenvalue weighted by molar-refractivity contribution is -0.274. The van der Waals surface area contributed by atoms with E-state index in [0.717, 1.165) is 44.5 Å². The van der Waals surface area contributed by atoms with Crippen LogP contribution in [0.5, 0.6) is 5.75 Å². The molecule has 1 saturated heterocycles. The first-order chi connectivity index (χ1) is 9.92. The van der Waals surface area contributed by atoms with Crippen LogP contribution >= 0.6 is 0 Å². The molecule has 0 unspecified atom stereocenters. The second-order valence-electron chi connectivity index (χ2n) is 4.69. The van der Waals surface area contributed by atoms with Gasteiger partial charge in [-0.25, -0.2) is 9.80 Å². The number of carbonyl (C=O) groups is 1. The smallest absolute Gasteiger partial charge is 0.406 e. The predicted octanol–water partition coefficient (Wildman–Crippen LogP) is 3.11. The van der Waals surface area contributed by atoms with Crippen LogP contribution in [0.3, 0.4) is 0 Å². The molecular formula is C13H16F3N3O2. The minimum atomic E-state index is -4.72. The summed E-state index contributed by atoms with van der Waals surface area (Å²) in [5.74, 6) is -0.329. The molecule has 1 aromatic rings. The molecule has 1 heterocycles. The summed E-state index contributed by atoms with van der Waals surface area (Å²) in [4.78, 5) is 11.7. The van der Waals surface area contributed by atoms with Gasteiger partial charge in [0.15, 0.2) is 0 Å². The van der Waals surface area contributed by atoms with Gasteiger partial charge in [-0.15, -0.1) is 13.2 Å². The Morgan fingerprint density at radius 2 is 1.71 bits per heavy atom. The average Bonchev–Trinajstić information content (AvgIpc) is 2.40. The highest BCUT2D eigenvalue weighted by Crippen LogP contribution is 2.23. The summed E-state index contributed by atoms with van der Waals surface area (Å²) in [6.07, 6.45) is -1.51. The summed E-state index contributed by atoms with van der Waals surface area (Å²) in [5.41, 5.74) is 3.08. The van der Waals surface area contributed by atoms with E-state index in [1.165, 1.54) is 12.1 Å². The third-order valence-corrected chi connectivity index (χ3v) is 2.96. The van der Waals surface area contributed by atoms with Gasteiger partial charge in [0.1, 0.15) is 5.75 Å². The van der Waals surface area contributed by atoms with Crippen molar-refractivity contribution in [2.75, 3.05) is 18.4 Å². The number of anilines is 1. The highest BCUT2D eigenvalue weighted by atomic mass is 19.4. The first-order valence-corrected chi connectivity index (χ1v) is 6.61. The van der Waals surface area contributed by atoms with Crippen LogP contribution in [0.15, 0.2) is 24.3 Å². The van der Waals surface area contributed by atoms with E-state index < -0.39 is 12.4 Å². The third-order valence-electron chi connectivity index (χ3n) is 2.96. The number of carbonyl (C=O) groups excluding carboxylic acids is 1. The first kappa shape index (κ1) is 15.4. The summed E-state index contributed by atoms with van der Waals surface area (Å²) in [6, 6.07) is 4.56. The molecule has 1 aliphatic rings. The molecule has 0 atom stereocenters. The van der Waals surface area contributed by atoms with Crippen LogP contribution < -0.4 is 15.5 Å². The Hall–Kier alpha value is -1.96. The van der Waals surface area contributed by atoms with E-state index in [-0.39, 0.29) is 5.75 Å². The molecule has 1 fully saturated rings. The van der Waals surface area contributed by atoms with Gasteiger partial charge in [0.05, 0.1) is 0 Å². The number of amides is 2. The first-order valence-electron chi connectivity index (χ1n) is 6.61. The molecule has 2 rings (SSSR count). The van der Waals surface area contributed by atoms with E-state index in [1.54, 1.807) is 0 Å². The maximum atomic E-state index is 12.0. The van der Waals surface area contributed by atoms with Gasteiger partial charge >= 0.3 is 12.4 Å². The molecule has 0 bridgehead atoms. The third kappa shape index (κ3) is 5.50. The van der Waals surface area contributed by atoms with Crippen LogP contribution in [0.4, 0.5) is 23.7 Å². The number of piperidine rings is 1. The number of urea groups is 1. The van der Waals surface area contributed by atoms with E-state index in [2.05, 4.69) is 15.5 Å². The van der Waals surface area contributed by atoms with Gasteiger partial charge in [-0.1, -0.05) is 6.42 Å². The van der Waals surface area contributed by atoms with Gasteiger partial charge in [0.25, 0.3) is 0 Å². The topological polar surface area (TPSA) is 53.6 Å². The van der Waals surface area contributed by atoms with E-state index in [0.29, 0.717) is 5.69 Å². The summed E-state index contributed by atoms with van der Waals surface area (Å²) in [5, 5.41) is 4.37. The Morgan fingerprint density at radius 3 is 2.29 bits per heavy atom. The molecule has 1 aliphatic heterocycles. The molecule has 0 radical (unpaired) electrons. The molecule has 21 heavy (non-hydrogen) atoms. The molecule has 8 heteroatoms. The molecule has 0 spiro atoms. The molecule has 2 N–H and O–H groups in total. The lowest BCUT2D eigenvalue weighted by Crippen LogP contribution is -2.46. The fraction of sp³-hybridized carbons (Fsp3) is 0.462. The Labute approximate surface area is 120 Å². The van der Waals surface area contributed by atoms with E-state index in [4.69, 9.17) is 0 Å². The lowest BCUT2D eigenvalue weighted by atomic mass is 10.2. The monoisotopic (exact) mass is 303 g/mol. The standard InChI is InChI=1S/C13H16F3N3O2/c14-13(15,16)21-11-6-4-10(5-7-11)17-12(20)18-19-8-2-1-3-9-19/h4-7H,1-3,8-9H2,(H2,17,18,20). The number of nitrogens with zero attached hydrogens (tertiary/aromatic N) is 1. The number of ether oxygens (including phenoxy) is 1. The Balaban J connectivity index is 1.83. The van der Waals surface area contributed by atoms with Gasteiger partial charge in [0.2, 0.25) is 0 Å². The second kappa shape index (κ2) is 6.66. The van der Waals surface area contributed by atoms with Gasteiger partial charge < -0.3 is 10.1 Å². The van der Waals surface area contributed by atoms with Crippen LogP contribution in [0.2, 0.25) is 0 Å². The normalized spacial score (nSPS) is 16.3. The minimum Gasteiger partial charge on any atom is -0.406 e. The maximum absolute atomic E-state index is 12.0. The highest BCUT2D eigenvalue weighted by molar-refractivity contribution is 5.88. The molecule has 0 aliphatic carbocycles. The molecule has 1 aromatic carbocycles. The van der Waals surface area contributed by atoms with Crippen molar-refractivity contribution in [2.24, 2.45) is 0 Å². The van der Waals surface area contributed by atoms with Crippen molar-refractivity contribution in [2.45, 2.75) is 25.6 Å². The van der Waals surface area contributed by atoms with Gasteiger partial charge in [-0.2, -0.15) is 0 Å². The summed E-state index contributed by atoms with van der Waals surface area (Å²) in [6.45, 7) is 1.59. The van der Waals surface area contributed by atoms with Gasteiger partial charge in [-0.05, 0) is 37.1 Å². The molecule has 2 amide bonds. The van der Waals surface area contributed by atoms with Crippen molar-refractivity contribution >= 4 is 11.7 Å². The molecular weight excluding hydrogens is 287 g/mol. The Bertz CT molecular complexity index is 471. The maximum Gasteiger partial charge on any atom is 0.573 e. The quantitative estimate of drug-likeness (QED) is 0.902.